The Kier molecular flexibility index (Phi) is 3.82. The number of rotatable bonds is 4. The Morgan fingerprint density at radius 1 is 1.24 bits per heavy atom. The van der Waals surface area contributed by atoms with Gasteiger partial charge in [-0.1, -0.05) is 12.1 Å². The molecule has 1 aliphatic heterocycles. The molecule has 1 saturated heterocycles. The smallest absolute Gasteiger partial charge is 0.322 e. The predicted molar refractivity (Wildman–Crippen MR) is 79.3 cm³/mol. The van der Waals surface area contributed by atoms with E-state index in [0.29, 0.717) is 18.4 Å². The van der Waals surface area contributed by atoms with E-state index in [4.69, 9.17) is 5.11 Å². The topological polar surface area (TPSA) is 69.6 Å². The number of carboxylic acid groups (broad SMARTS) is 1. The minimum absolute atomic E-state index is 0.0134. The Bertz CT molecular complexity index is 541. The number of aliphatic carboxylic acids is 1. The van der Waals surface area contributed by atoms with Crippen LogP contribution < -0.4 is 5.32 Å². The van der Waals surface area contributed by atoms with Crippen molar-refractivity contribution in [2.75, 3.05) is 11.9 Å². The zero-order valence-corrected chi connectivity index (χ0v) is 11.9. The molecule has 1 aliphatic carbocycles. The summed E-state index contributed by atoms with van der Waals surface area (Å²) in [5.41, 5.74) is 1.73. The van der Waals surface area contributed by atoms with Crippen LogP contribution in [0.4, 0.5) is 10.5 Å². The van der Waals surface area contributed by atoms with Gasteiger partial charge in [0.1, 0.15) is 0 Å². The number of carbonyl (C=O) groups is 2. The SMILES string of the molecule is O=C(O)CCc1ccc(NC(=O)N2CC3CCC2C3)cc1. The van der Waals surface area contributed by atoms with E-state index >= 15 is 0 Å². The Morgan fingerprint density at radius 3 is 2.57 bits per heavy atom. The number of amides is 2. The number of hydrogen-bond acceptors (Lipinski definition) is 2. The van der Waals surface area contributed by atoms with Crippen LogP contribution in [0.2, 0.25) is 0 Å². The highest BCUT2D eigenvalue weighted by Crippen LogP contribution is 2.37. The first kappa shape index (κ1) is 13.9. The molecule has 2 bridgehead atoms. The van der Waals surface area contributed by atoms with Gasteiger partial charge in [-0.25, -0.2) is 4.79 Å². The summed E-state index contributed by atoms with van der Waals surface area (Å²) in [4.78, 5) is 24.7. The van der Waals surface area contributed by atoms with Gasteiger partial charge in [-0.05, 0) is 49.3 Å². The highest BCUT2D eigenvalue weighted by molar-refractivity contribution is 5.89. The number of fused-ring (bicyclic) bond motifs is 2. The van der Waals surface area contributed by atoms with Crippen molar-refractivity contribution in [1.82, 2.24) is 4.90 Å². The summed E-state index contributed by atoms with van der Waals surface area (Å²) in [6.07, 6.45) is 4.18. The van der Waals surface area contributed by atoms with Crippen LogP contribution in [0.5, 0.6) is 0 Å². The number of nitrogens with one attached hydrogen (secondary N) is 1. The standard InChI is InChI=1S/C16H20N2O3/c19-15(20)8-4-11-1-5-13(6-2-11)17-16(21)18-10-12-3-7-14(18)9-12/h1-2,5-6,12,14H,3-4,7-10H2,(H,17,21)(H,19,20). The third-order valence-corrected chi connectivity index (χ3v) is 4.50. The molecule has 0 spiro atoms. The average Bonchev–Trinajstić information content (AvgIpc) is 3.09. The number of nitrogens with zero attached hydrogens (tertiary/aromatic N) is 1. The predicted octanol–water partition coefficient (Wildman–Crippen LogP) is 2.72. The minimum atomic E-state index is -0.795. The maximum Gasteiger partial charge on any atom is 0.322 e. The zero-order chi connectivity index (χ0) is 14.8. The Morgan fingerprint density at radius 2 is 2.00 bits per heavy atom. The maximum atomic E-state index is 12.2. The molecule has 0 aromatic heterocycles. The van der Waals surface area contributed by atoms with Crippen LogP contribution in [-0.4, -0.2) is 34.6 Å². The number of urea groups is 1. The number of carboxylic acids is 1. The highest BCUT2D eigenvalue weighted by atomic mass is 16.4. The number of anilines is 1. The minimum Gasteiger partial charge on any atom is -0.481 e. The second-order valence-corrected chi connectivity index (χ2v) is 6.01. The molecule has 2 fully saturated rings. The fourth-order valence-electron chi connectivity index (χ4n) is 3.37. The van der Waals surface area contributed by atoms with Crippen molar-refractivity contribution >= 4 is 17.7 Å². The third kappa shape index (κ3) is 3.17. The summed E-state index contributed by atoms with van der Waals surface area (Å²) in [6, 6.07) is 7.82. The molecule has 2 N–H and O–H groups in total. The van der Waals surface area contributed by atoms with E-state index in [0.717, 1.165) is 30.6 Å². The van der Waals surface area contributed by atoms with Crippen LogP contribution >= 0.6 is 0 Å². The van der Waals surface area contributed by atoms with Gasteiger partial charge in [0.15, 0.2) is 0 Å². The van der Waals surface area contributed by atoms with Gasteiger partial charge in [0.05, 0.1) is 0 Å². The van der Waals surface area contributed by atoms with Gasteiger partial charge in [-0.2, -0.15) is 0 Å². The lowest BCUT2D eigenvalue weighted by molar-refractivity contribution is -0.136. The second kappa shape index (κ2) is 5.76. The molecular weight excluding hydrogens is 268 g/mol. The summed E-state index contributed by atoms with van der Waals surface area (Å²) in [5.74, 6) is -0.101. The van der Waals surface area contributed by atoms with Crippen LogP contribution in [0.25, 0.3) is 0 Å². The summed E-state index contributed by atoms with van der Waals surface area (Å²) >= 11 is 0. The molecule has 1 aromatic carbocycles. The van der Waals surface area contributed by atoms with Crippen molar-refractivity contribution in [1.29, 1.82) is 0 Å². The fourth-order valence-corrected chi connectivity index (χ4v) is 3.37. The monoisotopic (exact) mass is 288 g/mol. The first-order valence-electron chi connectivity index (χ1n) is 7.50. The number of likely N-dealkylation sites (tertiary alicyclic amines) is 1. The third-order valence-electron chi connectivity index (χ3n) is 4.50. The first-order valence-corrected chi connectivity index (χ1v) is 7.50. The van der Waals surface area contributed by atoms with Crippen molar-refractivity contribution in [3.63, 3.8) is 0 Å². The number of piperidine rings is 1. The van der Waals surface area contributed by atoms with Crippen molar-refractivity contribution < 1.29 is 14.7 Å². The van der Waals surface area contributed by atoms with E-state index in [1.807, 2.05) is 29.2 Å². The molecule has 2 atom stereocenters. The summed E-state index contributed by atoms with van der Waals surface area (Å²) in [5, 5.41) is 11.6. The lowest BCUT2D eigenvalue weighted by atomic mass is 10.1. The van der Waals surface area contributed by atoms with Crippen LogP contribution in [-0.2, 0) is 11.2 Å². The van der Waals surface area contributed by atoms with E-state index in [2.05, 4.69) is 5.32 Å². The van der Waals surface area contributed by atoms with Crippen molar-refractivity contribution in [2.45, 2.75) is 38.1 Å². The van der Waals surface area contributed by atoms with Crippen LogP contribution in [0.3, 0.4) is 0 Å². The number of aryl methyl sites for hydroxylation is 1. The van der Waals surface area contributed by atoms with Crippen molar-refractivity contribution in [3.05, 3.63) is 29.8 Å². The molecule has 2 unspecified atom stereocenters. The molecule has 5 heteroatoms. The van der Waals surface area contributed by atoms with Gasteiger partial charge in [0.25, 0.3) is 0 Å². The molecule has 2 amide bonds. The fraction of sp³-hybridized carbons (Fsp3) is 0.500. The molecule has 21 heavy (non-hydrogen) atoms. The molecule has 112 valence electrons. The quantitative estimate of drug-likeness (QED) is 0.895. The zero-order valence-electron chi connectivity index (χ0n) is 11.9. The molecule has 1 heterocycles. The molecule has 3 rings (SSSR count). The highest BCUT2D eigenvalue weighted by Gasteiger charge is 2.40. The van der Waals surface area contributed by atoms with Gasteiger partial charge in [0, 0.05) is 24.7 Å². The van der Waals surface area contributed by atoms with E-state index in [1.165, 1.54) is 6.42 Å². The Labute approximate surface area is 123 Å². The number of hydrogen-bond donors (Lipinski definition) is 2. The number of carbonyl (C=O) groups excluding carboxylic acids is 1. The van der Waals surface area contributed by atoms with E-state index in [-0.39, 0.29) is 12.5 Å². The van der Waals surface area contributed by atoms with Crippen LogP contribution in [0, 0.1) is 5.92 Å². The van der Waals surface area contributed by atoms with Crippen molar-refractivity contribution in [3.8, 4) is 0 Å². The van der Waals surface area contributed by atoms with Crippen LogP contribution in [0.15, 0.2) is 24.3 Å². The van der Waals surface area contributed by atoms with Gasteiger partial charge < -0.3 is 15.3 Å². The van der Waals surface area contributed by atoms with Gasteiger partial charge >= 0.3 is 12.0 Å². The lowest BCUT2D eigenvalue weighted by Gasteiger charge is -2.27. The van der Waals surface area contributed by atoms with E-state index in [1.54, 1.807) is 0 Å². The molecule has 0 radical (unpaired) electrons. The Hall–Kier alpha value is -2.04. The molecule has 5 nitrogen and oxygen atoms in total. The Balaban J connectivity index is 1.55. The normalized spacial score (nSPS) is 23.3. The second-order valence-electron chi connectivity index (χ2n) is 6.01. The van der Waals surface area contributed by atoms with Crippen molar-refractivity contribution in [2.24, 2.45) is 5.92 Å². The van der Waals surface area contributed by atoms with Gasteiger partial charge in [-0.15, -0.1) is 0 Å². The molecule has 1 saturated carbocycles. The van der Waals surface area contributed by atoms with E-state index < -0.39 is 5.97 Å². The molecule has 2 aliphatic rings. The van der Waals surface area contributed by atoms with Gasteiger partial charge in [-0.3, -0.25) is 4.79 Å². The number of benzene rings is 1. The molecule has 1 aromatic rings. The largest absolute Gasteiger partial charge is 0.481 e. The van der Waals surface area contributed by atoms with Gasteiger partial charge in [0.2, 0.25) is 0 Å². The van der Waals surface area contributed by atoms with Crippen LogP contribution in [0.1, 0.15) is 31.2 Å². The van der Waals surface area contributed by atoms with E-state index in [9.17, 15) is 9.59 Å². The maximum absolute atomic E-state index is 12.2. The summed E-state index contributed by atoms with van der Waals surface area (Å²) in [6.45, 7) is 0.882. The molecular formula is C16H20N2O3. The lowest BCUT2D eigenvalue weighted by Crippen LogP contribution is -2.40. The first-order chi connectivity index (χ1) is 10.1. The summed E-state index contributed by atoms with van der Waals surface area (Å²) in [7, 11) is 0. The average molecular weight is 288 g/mol. The summed E-state index contributed by atoms with van der Waals surface area (Å²) < 4.78 is 0.